The molecule has 5 nitrogen and oxygen atoms in total. The molecule has 3 rings (SSSR count). The second-order valence-electron chi connectivity index (χ2n) is 4.61. The van der Waals surface area contributed by atoms with Crippen LogP contribution in [0.5, 0.6) is 0 Å². The number of rotatable bonds is 2. The topological polar surface area (TPSA) is 67.1 Å². The quantitative estimate of drug-likeness (QED) is 0.842. The zero-order chi connectivity index (χ0) is 13.1. The van der Waals surface area contributed by atoms with Gasteiger partial charge in [-0.15, -0.1) is 10.2 Å². The molecule has 0 spiro atoms. The van der Waals surface area contributed by atoms with E-state index in [1.165, 1.54) is 0 Å². The molecular formula is C14H17N5. The van der Waals surface area contributed by atoms with E-state index >= 15 is 0 Å². The maximum Gasteiger partial charge on any atom is 0.148 e. The smallest absolute Gasteiger partial charge is 0.148 e. The molecule has 2 aromatic rings. The fourth-order valence-corrected chi connectivity index (χ4v) is 2.34. The van der Waals surface area contributed by atoms with E-state index in [2.05, 4.69) is 20.4 Å². The number of nitrogen functional groups attached to an aromatic ring is 1. The molecule has 2 heterocycles. The fraction of sp³-hybridized carbons (Fsp3) is 0.286. The zero-order valence-corrected chi connectivity index (χ0v) is 10.7. The van der Waals surface area contributed by atoms with Gasteiger partial charge in [-0.3, -0.25) is 0 Å². The van der Waals surface area contributed by atoms with Gasteiger partial charge in [-0.2, -0.15) is 0 Å². The van der Waals surface area contributed by atoms with Crippen molar-refractivity contribution < 1.29 is 0 Å². The molecule has 0 aliphatic carbocycles. The SMILES string of the molecule is Nc1cc(N2CCNCC2)c(-c2ccccc2)nn1. The predicted octanol–water partition coefficient (Wildman–Crippen LogP) is 1.14. The van der Waals surface area contributed by atoms with Crippen LogP contribution in [-0.2, 0) is 0 Å². The minimum atomic E-state index is 0.466. The number of benzene rings is 1. The molecule has 98 valence electrons. The molecule has 1 aliphatic rings. The number of nitrogens with two attached hydrogens (primary N) is 1. The molecule has 5 heteroatoms. The lowest BCUT2D eigenvalue weighted by Crippen LogP contribution is -2.43. The molecule has 0 bridgehead atoms. The molecule has 1 aliphatic heterocycles. The van der Waals surface area contributed by atoms with Gasteiger partial charge in [0.1, 0.15) is 11.5 Å². The van der Waals surface area contributed by atoms with Gasteiger partial charge in [0.2, 0.25) is 0 Å². The Morgan fingerprint density at radius 2 is 1.79 bits per heavy atom. The Balaban J connectivity index is 2.04. The molecule has 0 saturated carbocycles. The van der Waals surface area contributed by atoms with Gasteiger partial charge < -0.3 is 16.0 Å². The zero-order valence-electron chi connectivity index (χ0n) is 10.7. The van der Waals surface area contributed by atoms with Gasteiger partial charge in [-0.05, 0) is 0 Å². The summed E-state index contributed by atoms with van der Waals surface area (Å²) >= 11 is 0. The largest absolute Gasteiger partial charge is 0.382 e. The number of nitrogens with one attached hydrogen (secondary N) is 1. The van der Waals surface area contributed by atoms with E-state index in [0.717, 1.165) is 43.1 Å². The molecule has 1 aromatic carbocycles. The predicted molar refractivity (Wildman–Crippen MR) is 77.0 cm³/mol. The fourth-order valence-electron chi connectivity index (χ4n) is 2.34. The number of aromatic nitrogens is 2. The highest BCUT2D eigenvalue weighted by molar-refractivity contribution is 5.76. The maximum absolute atomic E-state index is 5.80. The van der Waals surface area contributed by atoms with E-state index in [0.29, 0.717) is 5.82 Å². The first-order valence-corrected chi connectivity index (χ1v) is 6.49. The normalized spacial score (nSPS) is 15.5. The average molecular weight is 255 g/mol. The van der Waals surface area contributed by atoms with Crippen molar-refractivity contribution in [2.75, 3.05) is 36.8 Å². The first-order chi connectivity index (χ1) is 9.34. The highest BCUT2D eigenvalue weighted by Crippen LogP contribution is 2.29. The highest BCUT2D eigenvalue weighted by atomic mass is 15.2. The van der Waals surface area contributed by atoms with Crippen molar-refractivity contribution in [2.24, 2.45) is 0 Å². The second-order valence-corrected chi connectivity index (χ2v) is 4.61. The van der Waals surface area contributed by atoms with Crippen molar-refractivity contribution in [1.29, 1.82) is 0 Å². The van der Waals surface area contributed by atoms with Gasteiger partial charge in [0, 0.05) is 37.8 Å². The van der Waals surface area contributed by atoms with Crippen LogP contribution in [-0.4, -0.2) is 36.4 Å². The van der Waals surface area contributed by atoms with Gasteiger partial charge in [0.15, 0.2) is 0 Å². The van der Waals surface area contributed by atoms with Gasteiger partial charge in [0.05, 0.1) is 5.69 Å². The van der Waals surface area contributed by atoms with Crippen LogP contribution in [0.1, 0.15) is 0 Å². The third kappa shape index (κ3) is 2.51. The summed E-state index contributed by atoms with van der Waals surface area (Å²) in [5.41, 5.74) is 8.84. The van der Waals surface area contributed by atoms with Crippen LogP contribution in [0.3, 0.4) is 0 Å². The summed E-state index contributed by atoms with van der Waals surface area (Å²) in [5.74, 6) is 0.466. The third-order valence-corrected chi connectivity index (χ3v) is 3.30. The van der Waals surface area contributed by atoms with Gasteiger partial charge in [-0.1, -0.05) is 30.3 Å². The molecule has 0 amide bonds. The molecule has 19 heavy (non-hydrogen) atoms. The Kier molecular flexibility index (Phi) is 3.29. The molecular weight excluding hydrogens is 238 g/mol. The van der Waals surface area contributed by atoms with Crippen molar-refractivity contribution in [3.8, 4) is 11.3 Å². The first kappa shape index (κ1) is 11.9. The lowest BCUT2D eigenvalue weighted by molar-refractivity contribution is 0.589. The molecule has 1 aromatic heterocycles. The van der Waals surface area contributed by atoms with Crippen LogP contribution < -0.4 is 16.0 Å². The summed E-state index contributed by atoms with van der Waals surface area (Å²) in [7, 11) is 0. The third-order valence-electron chi connectivity index (χ3n) is 3.30. The van der Waals surface area contributed by atoms with Crippen molar-refractivity contribution in [2.45, 2.75) is 0 Å². The van der Waals surface area contributed by atoms with Crippen LogP contribution in [0.4, 0.5) is 11.5 Å². The van der Waals surface area contributed by atoms with Gasteiger partial charge >= 0.3 is 0 Å². The number of piperazine rings is 1. The Bertz CT molecular complexity index is 549. The average Bonchev–Trinajstić information content (AvgIpc) is 2.49. The van der Waals surface area contributed by atoms with Crippen LogP contribution >= 0.6 is 0 Å². The van der Waals surface area contributed by atoms with E-state index in [9.17, 15) is 0 Å². The first-order valence-electron chi connectivity index (χ1n) is 6.49. The van der Waals surface area contributed by atoms with E-state index in [-0.39, 0.29) is 0 Å². The molecule has 1 saturated heterocycles. The minimum absolute atomic E-state index is 0.466. The molecule has 0 radical (unpaired) electrons. The lowest BCUT2D eigenvalue weighted by atomic mass is 10.1. The standard InChI is InChI=1S/C14H17N5/c15-13-10-12(19-8-6-16-7-9-19)14(18-17-13)11-4-2-1-3-5-11/h1-5,10,16H,6-9H2,(H2,15,17). The number of nitrogens with zero attached hydrogens (tertiary/aromatic N) is 3. The van der Waals surface area contributed by atoms with Crippen molar-refractivity contribution in [3.63, 3.8) is 0 Å². The molecule has 0 unspecified atom stereocenters. The maximum atomic E-state index is 5.80. The summed E-state index contributed by atoms with van der Waals surface area (Å²) in [6.07, 6.45) is 0. The van der Waals surface area contributed by atoms with E-state index in [1.54, 1.807) is 0 Å². The summed E-state index contributed by atoms with van der Waals surface area (Å²) in [5, 5.41) is 11.6. The van der Waals surface area contributed by atoms with E-state index in [4.69, 9.17) is 5.73 Å². The molecule has 1 fully saturated rings. The number of anilines is 2. The highest BCUT2D eigenvalue weighted by Gasteiger charge is 2.17. The Morgan fingerprint density at radius 3 is 2.53 bits per heavy atom. The van der Waals surface area contributed by atoms with Crippen molar-refractivity contribution >= 4 is 11.5 Å². The summed E-state index contributed by atoms with van der Waals surface area (Å²) in [4.78, 5) is 2.31. The van der Waals surface area contributed by atoms with E-state index in [1.807, 2.05) is 36.4 Å². The molecule has 3 N–H and O–H groups in total. The number of hydrogen-bond acceptors (Lipinski definition) is 5. The summed E-state index contributed by atoms with van der Waals surface area (Å²) < 4.78 is 0. The van der Waals surface area contributed by atoms with Gasteiger partial charge in [0.25, 0.3) is 0 Å². The number of hydrogen-bond donors (Lipinski definition) is 2. The van der Waals surface area contributed by atoms with Crippen LogP contribution in [0.2, 0.25) is 0 Å². The van der Waals surface area contributed by atoms with Crippen LogP contribution in [0, 0.1) is 0 Å². The van der Waals surface area contributed by atoms with Crippen molar-refractivity contribution in [1.82, 2.24) is 15.5 Å². The Morgan fingerprint density at radius 1 is 1.05 bits per heavy atom. The van der Waals surface area contributed by atoms with Crippen LogP contribution in [0.15, 0.2) is 36.4 Å². The Labute approximate surface area is 112 Å². The monoisotopic (exact) mass is 255 g/mol. The minimum Gasteiger partial charge on any atom is -0.382 e. The lowest BCUT2D eigenvalue weighted by Gasteiger charge is -2.30. The summed E-state index contributed by atoms with van der Waals surface area (Å²) in [6.45, 7) is 3.89. The Hall–Kier alpha value is -2.14. The van der Waals surface area contributed by atoms with E-state index < -0.39 is 0 Å². The van der Waals surface area contributed by atoms with Crippen molar-refractivity contribution in [3.05, 3.63) is 36.4 Å². The second kappa shape index (κ2) is 5.24. The summed E-state index contributed by atoms with van der Waals surface area (Å²) in [6, 6.07) is 12.0. The van der Waals surface area contributed by atoms with Crippen LogP contribution in [0.25, 0.3) is 11.3 Å². The van der Waals surface area contributed by atoms with Gasteiger partial charge in [-0.25, -0.2) is 0 Å². The molecule has 0 atom stereocenters.